The van der Waals surface area contributed by atoms with Crippen molar-refractivity contribution in [2.24, 2.45) is 0 Å². The van der Waals surface area contributed by atoms with Crippen molar-refractivity contribution in [3.63, 3.8) is 0 Å². The van der Waals surface area contributed by atoms with Crippen molar-refractivity contribution < 1.29 is 0 Å². The number of hydrogen-bond donors (Lipinski definition) is 3. The van der Waals surface area contributed by atoms with Crippen molar-refractivity contribution in [2.75, 3.05) is 14.1 Å². The van der Waals surface area contributed by atoms with Gasteiger partial charge in [-0.3, -0.25) is 0 Å². The minimum absolute atomic E-state index is 0.924. The van der Waals surface area contributed by atoms with Crippen molar-refractivity contribution in [3.8, 4) is 0 Å². The normalized spacial score (nSPS) is 12.4. The lowest BCUT2D eigenvalue weighted by molar-refractivity contribution is 0.709. The van der Waals surface area contributed by atoms with Crippen LogP contribution in [-0.4, -0.2) is 14.1 Å². The number of allylic oxidation sites excluding steroid dienone is 1. The minimum atomic E-state index is 0.924. The van der Waals surface area contributed by atoms with Gasteiger partial charge in [-0.25, -0.2) is 5.43 Å². The molecule has 54 valence electrons. The van der Waals surface area contributed by atoms with Gasteiger partial charge in [-0.1, -0.05) is 0 Å². The summed E-state index contributed by atoms with van der Waals surface area (Å²) in [5, 5.41) is 2.98. The summed E-state index contributed by atoms with van der Waals surface area (Å²) in [7, 11) is 3.68. The molecule has 0 atom stereocenters. The fourth-order valence-corrected chi connectivity index (χ4v) is 0.710. The second-order valence-electron chi connectivity index (χ2n) is 1.56. The second kappa shape index (κ2) is 4.64. The summed E-state index contributed by atoms with van der Waals surface area (Å²) in [4.78, 5) is 0. The molecule has 0 aromatic carbocycles. The Morgan fingerprint density at radius 2 is 1.89 bits per heavy atom. The van der Waals surface area contributed by atoms with Gasteiger partial charge < -0.3 is 10.7 Å². The maximum atomic E-state index is 3.31. The fourth-order valence-electron chi connectivity index (χ4n) is 0.313. The van der Waals surface area contributed by atoms with Crippen LogP contribution < -0.4 is 16.2 Å². The molecule has 0 saturated heterocycles. The van der Waals surface area contributed by atoms with Crippen LogP contribution in [0.3, 0.4) is 0 Å². The molecular weight excluding hydrogens is 182 g/mol. The van der Waals surface area contributed by atoms with Crippen LogP contribution in [0.15, 0.2) is 10.3 Å². The van der Waals surface area contributed by atoms with E-state index in [0.29, 0.717) is 0 Å². The smallest absolute Gasteiger partial charge is 0.111 e. The van der Waals surface area contributed by atoms with E-state index in [1.807, 2.05) is 21.0 Å². The lowest BCUT2D eigenvalue weighted by Crippen LogP contribution is -2.26. The number of hydrazine groups is 1. The predicted octanol–water partition coefficient (Wildman–Crippen LogP) is 0.514. The molecule has 0 unspecified atom stereocenters. The van der Waals surface area contributed by atoms with Gasteiger partial charge in [0.15, 0.2) is 0 Å². The molecule has 3 nitrogen and oxygen atoms in total. The van der Waals surface area contributed by atoms with Crippen LogP contribution in [-0.2, 0) is 0 Å². The second-order valence-corrected chi connectivity index (χ2v) is 2.36. The average Bonchev–Trinajstić information content (AvgIpc) is 1.87. The molecule has 0 aliphatic heterocycles. The molecule has 0 spiro atoms. The first-order chi connectivity index (χ1) is 4.22. The van der Waals surface area contributed by atoms with E-state index in [2.05, 4.69) is 32.1 Å². The Morgan fingerprint density at radius 1 is 1.33 bits per heavy atom. The third-order valence-electron chi connectivity index (χ3n) is 0.939. The maximum Gasteiger partial charge on any atom is 0.111 e. The summed E-state index contributed by atoms with van der Waals surface area (Å²) >= 11 is 3.31. The Kier molecular flexibility index (Phi) is 4.53. The molecular formula is C5H12BrN3. The Labute approximate surface area is 64.0 Å². The monoisotopic (exact) mass is 193 g/mol. The van der Waals surface area contributed by atoms with Crippen molar-refractivity contribution in [1.82, 2.24) is 16.2 Å². The molecule has 0 aliphatic rings. The number of halogens is 1. The highest BCUT2D eigenvalue weighted by atomic mass is 79.9. The van der Waals surface area contributed by atoms with Crippen LogP contribution in [0.5, 0.6) is 0 Å². The van der Waals surface area contributed by atoms with Gasteiger partial charge in [0.2, 0.25) is 0 Å². The van der Waals surface area contributed by atoms with E-state index in [1.54, 1.807) is 0 Å². The largest absolute Gasteiger partial charge is 0.390 e. The Morgan fingerprint density at radius 3 is 2.22 bits per heavy atom. The van der Waals surface area contributed by atoms with E-state index < -0.39 is 0 Å². The Bertz CT molecular complexity index is 111. The van der Waals surface area contributed by atoms with Gasteiger partial charge in [0, 0.05) is 19.8 Å². The van der Waals surface area contributed by atoms with E-state index in [9.17, 15) is 0 Å². The highest BCUT2D eigenvalue weighted by molar-refractivity contribution is 9.11. The van der Waals surface area contributed by atoms with Gasteiger partial charge in [-0.2, -0.15) is 0 Å². The third-order valence-corrected chi connectivity index (χ3v) is 1.73. The van der Waals surface area contributed by atoms with E-state index >= 15 is 0 Å². The SMILES string of the molecule is CNN/C(Br)=C(/C)NC. The summed E-state index contributed by atoms with van der Waals surface area (Å²) in [6.07, 6.45) is 0. The molecule has 0 aliphatic carbocycles. The van der Waals surface area contributed by atoms with Gasteiger partial charge in [-0.15, -0.1) is 0 Å². The fraction of sp³-hybridized carbons (Fsp3) is 0.600. The molecule has 0 amide bonds. The molecule has 0 bridgehead atoms. The highest BCUT2D eigenvalue weighted by Gasteiger charge is 1.91. The molecule has 0 fully saturated rings. The molecule has 0 aromatic heterocycles. The van der Waals surface area contributed by atoms with E-state index in [0.717, 1.165) is 10.3 Å². The van der Waals surface area contributed by atoms with Crippen molar-refractivity contribution in [3.05, 3.63) is 10.3 Å². The molecule has 0 aromatic rings. The highest BCUT2D eigenvalue weighted by Crippen LogP contribution is 2.02. The zero-order valence-electron chi connectivity index (χ0n) is 5.88. The van der Waals surface area contributed by atoms with Crippen LogP contribution in [0, 0.1) is 0 Å². The first-order valence-corrected chi connectivity index (χ1v) is 3.48. The van der Waals surface area contributed by atoms with Gasteiger partial charge >= 0.3 is 0 Å². The van der Waals surface area contributed by atoms with Crippen molar-refractivity contribution in [1.29, 1.82) is 0 Å². The molecule has 9 heavy (non-hydrogen) atoms. The Hall–Kier alpha value is -0.220. The molecule has 0 rings (SSSR count). The van der Waals surface area contributed by atoms with Gasteiger partial charge in [0.1, 0.15) is 4.61 Å². The van der Waals surface area contributed by atoms with E-state index in [1.165, 1.54) is 0 Å². The molecule has 0 saturated carbocycles. The number of nitrogens with one attached hydrogen (secondary N) is 3. The first kappa shape index (κ1) is 8.78. The predicted molar refractivity (Wildman–Crippen MR) is 42.9 cm³/mol. The zero-order chi connectivity index (χ0) is 7.28. The third kappa shape index (κ3) is 3.37. The lowest BCUT2D eigenvalue weighted by Gasteiger charge is -2.05. The Balaban J connectivity index is 3.78. The van der Waals surface area contributed by atoms with Gasteiger partial charge in [0.05, 0.1) is 0 Å². The summed E-state index contributed by atoms with van der Waals surface area (Å²) < 4.78 is 0.924. The van der Waals surface area contributed by atoms with Gasteiger partial charge in [-0.05, 0) is 22.9 Å². The van der Waals surface area contributed by atoms with E-state index in [-0.39, 0.29) is 0 Å². The lowest BCUT2D eigenvalue weighted by atomic mass is 10.5. The standard InChI is InChI=1S/C5H12BrN3/c1-4(7-2)5(6)9-8-3/h7-9H,1-3H3/b5-4-. The van der Waals surface area contributed by atoms with Crippen LogP contribution >= 0.6 is 15.9 Å². The molecule has 0 radical (unpaired) electrons. The first-order valence-electron chi connectivity index (χ1n) is 2.69. The molecule has 0 heterocycles. The zero-order valence-corrected chi connectivity index (χ0v) is 7.46. The number of hydrogen-bond acceptors (Lipinski definition) is 3. The summed E-state index contributed by atoms with van der Waals surface area (Å²) in [5.74, 6) is 0. The van der Waals surface area contributed by atoms with E-state index in [4.69, 9.17) is 0 Å². The molecule has 4 heteroatoms. The average molecular weight is 194 g/mol. The van der Waals surface area contributed by atoms with Crippen LogP contribution in [0.25, 0.3) is 0 Å². The number of rotatable bonds is 3. The topological polar surface area (TPSA) is 36.1 Å². The summed E-state index contributed by atoms with van der Waals surface area (Å²) in [6.45, 7) is 1.97. The van der Waals surface area contributed by atoms with Crippen LogP contribution in [0.2, 0.25) is 0 Å². The molecule has 3 N–H and O–H groups in total. The summed E-state index contributed by atoms with van der Waals surface area (Å²) in [6, 6.07) is 0. The van der Waals surface area contributed by atoms with Crippen LogP contribution in [0.4, 0.5) is 0 Å². The van der Waals surface area contributed by atoms with Crippen molar-refractivity contribution >= 4 is 15.9 Å². The maximum absolute atomic E-state index is 3.31. The summed E-state index contributed by atoms with van der Waals surface area (Å²) in [5.41, 5.74) is 6.73. The van der Waals surface area contributed by atoms with Gasteiger partial charge in [0.25, 0.3) is 0 Å². The minimum Gasteiger partial charge on any atom is -0.390 e. The van der Waals surface area contributed by atoms with Crippen LogP contribution in [0.1, 0.15) is 6.92 Å². The van der Waals surface area contributed by atoms with Crippen molar-refractivity contribution in [2.45, 2.75) is 6.92 Å². The quantitative estimate of drug-likeness (QED) is 0.452.